The number of aromatic nitrogens is 2. The van der Waals surface area contributed by atoms with Gasteiger partial charge in [-0.1, -0.05) is 57.5 Å². The first-order chi connectivity index (χ1) is 13.3. The molecule has 5 heteroatoms. The number of benzene rings is 2. The molecule has 0 amide bonds. The van der Waals surface area contributed by atoms with Gasteiger partial charge >= 0.3 is 0 Å². The molecule has 0 saturated heterocycles. The Morgan fingerprint density at radius 3 is 1.75 bits per heavy atom. The van der Waals surface area contributed by atoms with Crippen LogP contribution in [0.4, 0.5) is 0 Å². The molecule has 0 fully saturated rings. The van der Waals surface area contributed by atoms with Crippen molar-refractivity contribution in [1.82, 2.24) is 9.78 Å². The van der Waals surface area contributed by atoms with Crippen molar-refractivity contribution in [1.29, 1.82) is 0 Å². The molecule has 0 aliphatic carbocycles. The molecule has 0 N–H and O–H groups in total. The molecule has 4 nitrogen and oxygen atoms in total. The maximum atomic E-state index is 11.6. The maximum absolute atomic E-state index is 11.6. The van der Waals surface area contributed by atoms with Gasteiger partial charge in [-0.15, -0.1) is 0 Å². The van der Waals surface area contributed by atoms with Crippen molar-refractivity contribution in [3.8, 4) is 16.9 Å². The van der Waals surface area contributed by atoms with Gasteiger partial charge in [-0.3, -0.25) is 0 Å². The lowest BCUT2D eigenvalue weighted by Crippen LogP contribution is -2.02. The summed E-state index contributed by atoms with van der Waals surface area (Å²) in [5.41, 5.74) is 6.24. The van der Waals surface area contributed by atoms with Gasteiger partial charge in [0, 0.05) is 11.8 Å². The fourth-order valence-corrected chi connectivity index (χ4v) is 3.31. The van der Waals surface area contributed by atoms with Crippen LogP contribution in [-0.2, 0) is 9.84 Å². The van der Waals surface area contributed by atoms with Crippen molar-refractivity contribution in [2.24, 2.45) is 0 Å². The minimum Gasteiger partial charge on any atom is -0.233 e. The number of sulfone groups is 1. The summed E-state index contributed by atoms with van der Waals surface area (Å²) in [6, 6.07) is 15.1. The zero-order valence-corrected chi connectivity index (χ0v) is 19.1. The number of aryl methyl sites for hydroxylation is 2. The Hall–Kier alpha value is -2.40. The summed E-state index contributed by atoms with van der Waals surface area (Å²) in [6.45, 7) is 14.1. The second-order valence-corrected chi connectivity index (χ2v) is 8.12. The van der Waals surface area contributed by atoms with E-state index in [1.54, 1.807) is 24.3 Å². The lowest BCUT2D eigenvalue weighted by Gasteiger charge is -2.10. The largest absolute Gasteiger partial charge is 0.233 e. The molecular formula is C23H32N2O2S. The molecule has 0 unspecified atom stereocenters. The van der Waals surface area contributed by atoms with Crippen LogP contribution in [0.5, 0.6) is 0 Å². The zero-order chi connectivity index (χ0) is 21.5. The maximum Gasteiger partial charge on any atom is 0.175 e. The van der Waals surface area contributed by atoms with Gasteiger partial charge in [0.05, 0.1) is 22.0 Å². The van der Waals surface area contributed by atoms with Gasteiger partial charge in [-0.2, -0.15) is 5.10 Å². The summed E-state index contributed by atoms with van der Waals surface area (Å²) in [5, 5.41) is 4.64. The zero-order valence-electron chi connectivity index (χ0n) is 18.2. The number of nitrogens with zero attached hydrogens (tertiary/aromatic N) is 2. The molecule has 0 aliphatic rings. The van der Waals surface area contributed by atoms with E-state index in [0.29, 0.717) is 4.90 Å². The molecule has 2 aromatic carbocycles. The van der Waals surface area contributed by atoms with Crippen molar-refractivity contribution in [3.05, 3.63) is 65.4 Å². The van der Waals surface area contributed by atoms with Crippen molar-refractivity contribution in [2.75, 3.05) is 6.26 Å². The van der Waals surface area contributed by atoms with Crippen LogP contribution in [0.25, 0.3) is 16.9 Å². The van der Waals surface area contributed by atoms with Gasteiger partial charge < -0.3 is 0 Å². The minimum atomic E-state index is -3.20. The summed E-state index contributed by atoms with van der Waals surface area (Å²) in [7, 11) is -3.20. The molecule has 0 spiro atoms. The number of hydrogen-bond donors (Lipinski definition) is 0. The topological polar surface area (TPSA) is 52.0 Å². The molecule has 0 bridgehead atoms. The van der Waals surface area contributed by atoms with Crippen molar-refractivity contribution < 1.29 is 8.42 Å². The second-order valence-electron chi connectivity index (χ2n) is 6.10. The Bertz CT molecular complexity index is 984. The van der Waals surface area contributed by atoms with Crippen LogP contribution in [0.15, 0.2) is 53.4 Å². The third kappa shape index (κ3) is 5.32. The highest BCUT2D eigenvalue weighted by Crippen LogP contribution is 2.29. The molecule has 1 heterocycles. The fourth-order valence-electron chi connectivity index (χ4n) is 2.68. The normalized spacial score (nSPS) is 10.4. The van der Waals surface area contributed by atoms with E-state index in [1.807, 2.05) is 39.3 Å². The van der Waals surface area contributed by atoms with E-state index in [4.69, 9.17) is 0 Å². The Morgan fingerprint density at radius 1 is 0.786 bits per heavy atom. The summed E-state index contributed by atoms with van der Waals surface area (Å²) in [5.74, 6) is 0. The van der Waals surface area contributed by atoms with Crippen LogP contribution in [0, 0.1) is 20.8 Å². The third-order valence-electron chi connectivity index (χ3n) is 4.19. The Balaban J connectivity index is 0.000000921. The second kappa shape index (κ2) is 10.2. The highest BCUT2D eigenvalue weighted by atomic mass is 32.2. The summed E-state index contributed by atoms with van der Waals surface area (Å²) >= 11 is 0. The first kappa shape index (κ1) is 23.6. The van der Waals surface area contributed by atoms with Crippen LogP contribution < -0.4 is 0 Å². The fraction of sp³-hybridized carbons (Fsp3) is 0.348. The van der Waals surface area contributed by atoms with Crippen molar-refractivity contribution in [3.63, 3.8) is 0 Å². The summed E-state index contributed by atoms with van der Waals surface area (Å²) < 4.78 is 25.1. The molecule has 3 rings (SSSR count). The number of hydrogen-bond acceptors (Lipinski definition) is 3. The van der Waals surface area contributed by atoms with Gasteiger partial charge in [0.1, 0.15) is 0 Å². The van der Waals surface area contributed by atoms with Gasteiger partial charge in [0.15, 0.2) is 9.84 Å². The number of rotatable bonds is 3. The van der Waals surface area contributed by atoms with Crippen molar-refractivity contribution in [2.45, 2.75) is 53.4 Å². The Kier molecular flexibility index (Phi) is 8.64. The monoisotopic (exact) mass is 400 g/mol. The van der Waals surface area contributed by atoms with Gasteiger partial charge in [-0.25, -0.2) is 13.1 Å². The highest BCUT2D eigenvalue weighted by Gasteiger charge is 2.15. The van der Waals surface area contributed by atoms with E-state index in [-0.39, 0.29) is 0 Å². The summed E-state index contributed by atoms with van der Waals surface area (Å²) in [4.78, 5) is 0.309. The van der Waals surface area contributed by atoms with Crippen molar-refractivity contribution >= 4 is 9.84 Å². The lowest BCUT2D eigenvalue weighted by atomic mass is 10.1. The Labute approximate surface area is 170 Å². The molecule has 1 aromatic heterocycles. The predicted octanol–water partition coefficient (Wildman–Crippen LogP) is 5.92. The third-order valence-corrected chi connectivity index (χ3v) is 5.32. The minimum absolute atomic E-state index is 0.309. The average molecular weight is 401 g/mol. The van der Waals surface area contributed by atoms with E-state index >= 15 is 0 Å². The molecule has 28 heavy (non-hydrogen) atoms. The standard InChI is InChI=1S/C19H20N2O2S.2C2H6/c1-13-5-7-16(8-6-13)19-14(2)15(3)20-21(19)17-9-11-18(12-10-17)24(4,22)23;2*1-2/h5-12H,1-4H3;2*1-2H3. The van der Waals surface area contributed by atoms with E-state index < -0.39 is 9.84 Å². The lowest BCUT2D eigenvalue weighted by molar-refractivity contribution is 0.602. The molecular weight excluding hydrogens is 368 g/mol. The van der Waals surface area contributed by atoms with Crippen LogP contribution in [0.3, 0.4) is 0 Å². The summed E-state index contributed by atoms with van der Waals surface area (Å²) in [6.07, 6.45) is 1.21. The molecule has 0 atom stereocenters. The molecule has 0 radical (unpaired) electrons. The van der Waals surface area contributed by atoms with Gasteiger partial charge in [0.2, 0.25) is 0 Å². The molecule has 0 saturated carbocycles. The Morgan fingerprint density at radius 2 is 1.29 bits per heavy atom. The van der Waals surface area contributed by atoms with Gasteiger partial charge in [-0.05, 0) is 50.6 Å². The predicted molar refractivity (Wildman–Crippen MR) is 119 cm³/mol. The van der Waals surface area contributed by atoms with Crippen LogP contribution >= 0.6 is 0 Å². The van der Waals surface area contributed by atoms with E-state index in [9.17, 15) is 8.42 Å². The quantitative estimate of drug-likeness (QED) is 0.548. The van der Waals surface area contributed by atoms with E-state index in [1.165, 1.54) is 11.8 Å². The smallest absolute Gasteiger partial charge is 0.175 e. The molecule has 0 aliphatic heterocycles. The molecule has 152 valence electrons. The first-order valence-corrected chi connectivity index (χ1v) is 11.6. The van der Waals surface area contributed by atoms with Crippen LogP contribution in [0.1, 0.15) is 44.5 Å². The SMILES string of the molecule is CC.CC.Cc1ccc(-c2c(C)c(C)nn2-c2ccc(S(C)(=O)=O)cc2)cc1. The van der Waals surface area contributed by atoms with Crippen LogP contribution in [0.2, 0.25) is 0 Å². The van der Waals surface area contributed by atoms with E-state index in [0.717, 1.165) is 28.2 Å². The first-order valence-electron chi connectivity index (χ1n) is 9.71. The van der Waals surface area contributed by atoms with E-state index in [2.05, 4.69) is 43.2 Å². The highest BCUT2D eigenvalue weighted by molar-refractivity contribution is 7.90. The molecule has 3 aromatic rings. The van der Waals surface area contributed by atoms with Gasteiger partial charge in [0.25, 0.3) is 0 Å². The van der Waals surface area contributed by atoms with Crippen LogP contribution in [-0.4, -0.2) is 24.5 Å². The average Bonchev–Trinajstić information content (AvgIpc) is 3.00.